The number of thioether (sulfide) groups is 2. The summed E-state index contributed by atoms with van der Waals surface area (Å²) in [7, 11) is 0. The summed E-state index contributed by atoms with van der Waals surface area (Å²) in [5, 5.41) is 9.15. The lowest BCUT2D eigenvalue weighted by Gasteiger charge is -2.29. The number of hydrogen-bond acceptors (Lipinski definition) is 6. The molecular weight excluding hydrogens is 569 g/mol. The summed E-state index contributed by atoms with van der Waals surface area (Å²) in [6.07, 6.45) is 11.2. The molecule has 4 aliphatic rings. The molecule has 5 nitrogen and oxygen atoms in total. The summed E-state index contributed by atoms with van der Waals surface area (Å²) in [5.41, 5.74) is 9.81. The van der Waals surface area contributed by atoms with E-state index in [1.807, 2.05) is 6.08 Å². The first kappa shape index (κ1) is 26.8. The van der Waals surface area contributed by atoms with E-state index >= 15 is 0 Å². The molecule has 0 bridgehead atoms. The SMILES string of the molecule is [CH]Sc1ccc2c(c1)C(C)(C)c1cc(N3c4ccc(/C=C5\SC(=S)N(CC(=O)O)C5=O)cc4C4CCCC43)ccc1-2. The molecule has 0 spiro atoms. The smallest absolute Gasteiger partial charge is 0.323 e. The van der Waals surface area contributed by atoms with E-state index in [2.05, 4.69) is 73.3 Å². The van der Waals surface area contributed by atoms with Crippen molar-refractivity contribution in [1.82, 2.24) is 4.90 Å². The molecule has 7 rings (SSSR count). The number of aliphatic carboxylic acids is 1. The second-order valence-electron chi connectivity index (χ2n) is 11.6. The van der Waals surface area contributed by atoms with Crippen molar-refractivity contribution in [3.63, 3.8) is 0 Å². The molecule has 2 aliphatic heterocycles. The Bertz CT molecular complexity index is 1690. The van der Waals surface area contributed by atoms with Gasteiger partial charge in [0.05, 0.1) is 4.91 Å². The summed E-state index contributed by atoms with van der Waals surface area (Å²) >= 11 is 7.73. The van der Waals surface area contributed by atoms with Gasteiger partial charge in [-0.3, -0.25) is 14.5 Å². The van der Waals surface area contributed by atoms with Crippen molar-refractivity contribution in [2.45, 2.75) is 55.4 Å². The maximum atomic E-state index is 12.8. The van der Waals surface area contributed by atoms with E-state index < -0.39 is 12.5 Å². The van der Waals surface area contributed by atoms with Crippen LogP contribution in [0.1, 0.15) is 61.3 Å². The highest BCUT2D eigenvalue weighted by Crippen LogP contribution is 2.55. The van der Waals surface area contributed by atoms with Gasteiger partial charge < -0.3 is 10.0 Å². The fourth-order valence-electron chi connectivity index (χ4n) is 7.15. The molecule has 206 valence electrons. The number of nitrogens with zero attached hydrogens (tertiary/aromatic N) is 2. The molecule has 2 unspecified atom stereocenters. The normalized spacial score (nSPS) is 22.8. The highest BCUT2D eigenvalue weighted by atomic mass is 32.2. The molecule has 2 radical (unpaired) electrons. The summed E-state index contributed by atoms with van der Waals surface area (Å²) in [4.78, 5) is 29.2. The molecule has 41 heavy (non-hydrogen) atoms. The summed E-state index contributed by atoms with van der Waals surface area (Å²) in [5.74, 6) is -0.991. The minimum Gasteiger partial charge on any atom is -0.480 e. The molecule has 1 saturated carbocycles. The molecule has 2 atom stereocenters. The van der Waals surface area contributed by atoms with Gasteiger partial charge in [-0.25, -0.2) is 0 Å². The quantitative estimate of drug-likeness (QED) is 0.183. The zero-order chi connectivity index (χ0) is 28.6. The van der Waals surface area contributed by atoms with E-state index in [-0.39, 0.29) is 15.6 Å². The maximum absolute atomic E-state index is 12.8. The molecular formula is C33H28N2O3S3. The predicted molar refractivity (Wildman–Crippen MR) is 171 cm³/mol. The van der Waals surface area contributed by atoms with Gasteiger partial charge in [0.15, 0.2) is 0 Å². The van der Waals surface area contributed by atoms with Crippen molar-refractivity contribution in [3.8, 4) is 11.1 Å². The first-order chi connectivity index (χ1) is 19.7. The van der Waals surface area contributed by atoms with Gasteiger partial charge in [-0.05, 0) is 88.7 Å². The second kappa shape index (κ2) is 9.75. The Morgan fingerprint density at radius 1 is 1.12 bits per heavy atom. The van der Waals surface area contributed by atoms with E-state index in [0.717, 1.165) is 40.0 Å². The Morgan fingerprint density at radius 2 is 1.88 bits per heavy atom. The van der Waals surface area contributed by atoms with E-state index in [1.165, 1.54) is 57.4 Å². The molecule has 1 saturated heterocycles. The number of amides is 1. The van der Waals surface area contributed by atoms with Crippen molar-refractivity contribution in [1.29, 1.82) is 0 Å². The number of carbonyl (C=O) groups is 2. The average Bonchev–Trinajstić information content (AvgIpc) is 3.66. The monoisotopic (exact) mass is 596 g/mol. The Balaban J connectivity index is 1.25. The largest absolute Gasteiger partial charge is 0.480 e. The first-order valence-electron chi connectivity index (χ1n) is 13.7. The third-order valence-corrected chi connectivity index (χ3v) is 10.9. The van der Waals surface area contributed by atoms with Crippen LogP contribution in [0.4, 0.5) is 11.4 Å². The minimum absolute atomic E-state index is 0.124. The molecule has 3 aromatic rings. The number of anilines is 2. The lowest BCUT2D eigenvalue weighted by atomic mass is 9.82. The molecule has 2 heterocycles. The Hall–Kier alpha value is -3.07. The lowest BCUT2D eigenvalue weighted by molar-refractivity contribution is -0.140. The van der Waals surface area contributed by atoms with Crippen LogP contribution in [0.25, 0.3) is 17.2 Å². The van der Waals surface area contributed by atoms with Gasteiger partial charge >= 0.3 is 5.97 Å². The van der Waals surface area contributed by atoms with Crippen LogP contribution in [0.2, 0.25) is 0 Å². The van der Waals surface area contributed by atoms with Crippen LogP contribution < -0.4 is 4.90 Å². The molecule has 8 heteroatoms. The van der Waals surface area contributed by atoms with Crippen LogP contribution in [0, 0.1) is 6.26 Å². The minimum atomic E-state index is -1.08. The second-order valence-corrected chi connectivity index (χ2v) is 14.0. The predicted octanol–water partition coefficient (Wildman–Crippen LogP) is 7.83. The number of hydrogen-bond donors (Lipinski definition) is 1. The van der Waals surface area contributed by atoms with E-state index in [9.17, 15) is 9.59 Å². The zero-order valence-corrected chi connectivity index (χ0v) is 25.2. The number of rotatable bonds is 5. The maximum Gasteiger partial charge on any atom is 0.323 e. The molecule has 3 aromatic carbocycles. The number of carboxylic acids is 1. The number of carbonyl (C=O) groups excluding carboxylic acids is 1. The molecule has 2 fully saturated rings. The van der Waals surface area contributed by atoms with Gasteiger partial charge in [0.2, 0.25) is 0 Å². The molecule has 1 N–H and O–H groups in total. The number of carboxylic acid groups (broad SMARTS) is 1. The number of fused-ring (bicyclic) bond motifs is 6. The summed E-state index contributed by atoms with van der Waals surface area (Å²) in [6, 6.07) is 20.3. The van der Waals surface area contributed by atoms with Gasteiger partial charge in [0, 0.05) is 39.9 Å². The van der Waals surface area contributed by atoms with Crippen molar-refractivity contribution in [3.05, 3.63) is 88.0 Å². The summed E-state index contributed by atoms with van der Waals surface area (Å²) in [6.45, 7) is 4.18. The van der Waals surface area contributed by atoms with Gasteiger partial charge in [-0.2, -0.15) is 0 Å². The van der Waals surface area contributed by atoms with Gasteiger partial charge in [-0.1, -0.05) is 62.4 Å². The zero-order valence-electron chi connectivity index (χ0n) is 22.7. The Morgan fingerprint density at radius 3 is 2.63 bits per heavy atom. The van der Waals surface area contributed by atoms with Gasteiger partial charge in [-0.15, -0.1) is 11.8 Å². The fourth-order valence-corrected chi connectivity index (χ4v) is 8.74. The van der Waals surface area contributed by atoms with Crippen LogP contribution in [0.5, 0.6) is 0 Å². The third kappa shape index (κ3) is 4.17. The average molecular weight is 597 g/mol. The van der Waals surface area contributed by atoms with Crippen LogP contribution in [-0.4, -0.2) is 38.8 Å². The van der Waals surface area contributed by atoms with Crippen LogP contribution in [0.15, 0.2) is 64.4 Å². The van der Waals surface area contributed by atoms with Crippen LogP contribution in [-0.2, 0) is 15.0 Å². The van der Waals surface area contributed by atoms with E-state index in [0.29, 0.717) is 16.9 Å². The highest BCUT2D eigenvalue weighted by Gasteiger charge is 2.43. The molecule has 0 aromatic heterocycles. The van der Waals surface area contributed by atoms with E-state index in [1.54, 1.807) is 0 Å². The van der Waals surface area contributed by atoms with Crippen molar-refractivity contribution in [2.75, 3.05) is 11.4 Å². The van der Waals surface area contributed by atoms with Crippen molar-refractivity contribution >= 4 is 69.4 Å². The Labute approximate surface area is 254 Å². The summed E-state index contributed by atoms with van der Waals surface area (Å²) < 4.78 is 0.284. The van der Waals surface area contributed by atoms with Gasteiger partial charge in [0.1, 0.15) is 10.9 Å². The van der Waals surface area contributed by atoms with Crippen LogP contribution in [0.3, 0.4) is 0 Å². The lowest BCUT2D eigenvalue weighted by Crippen LogP contribution is -2.33. The van der Waals surface area contributed by atoms with Crippen LogP contribution >= 0.6 is 35.7 Å². The third-order valence-electron chi connectivity index (χ3n) is 9.03. The topological polar surface area (TPSA) is 60.9 Å². The standard InChI is InChI=1S/C33H28N2O3S3/c1-33(2)25-15-19(8-10-21(25)22-11-9-20(40-3)16-26(22)33)35-27-6-4-5-23(27)24-13-18(7-12-28(24)35)14-29-31(38)34(17-30(36)37)32(39)41-29/h3,7-16,23,27H,4-6,17H2,1-2H3,(H,36,37)/b29-14-. The van der Waals surface area contributed by atoms with E-state index in [4.69, 9.17) is 23.6 Å². The van der Waals surface area contributed by atoms with Gasteiger partial charge in [0.25, 0.3) is 5.91 Å². The fraction of sp³-hybridized carbons (Fsp3) is 0.273. The van der Waals surface area contributed by atoms with Crippen molar-refractivity contribution in [2.24, 2.45) is 0 Å². The molecule has 2 aliphatic carbocycles. The Kier molecular flexibility index (Phi) is 6.37. The highest BCUT2D eigenvalue weighted by molar-refractivity contribution is 8.26. The van der Waals surface area contributed by atoms with Crippen molar-refractivity contribution < 1.29 is 14.7 Å². The molecule has 1 amide bonds. The number of benzene rings is 3. The first-order valence-corrected chi connectivity index (χ1v) is 15.8. The number of thiocarbonyl (C=S) groups is 1.